The third-order valence-electron chi connectivity index (χ3n) is 3.28. The Labute approximate surface area is 113 Å². The molecule has 2 rings (SSSR count). The van der Waals surface area contributed by atoms with E-state index in [0.717, 1.165) is 26.2 Å². The molecule has 106 valence electrons. The molecular weight excluding hydrogens is 244 g/mol. The molecule has 1 aromatic rings. The Morgan fingerprint density at radius 1 is 1.21 bits per heavy atom. The van der Waals surface area contributed by atoms with E-state index in [9.17, 15) is 4.79 Å². The van der Waals surface area contributed by atoms with Crippen molar-refractivity contribution in [2.45, 2.75) is 39.7 Å². The van der Waals surface area contributed by atoms with Crippen LogP contribution in [-0.4, -0.2) is 52.1 Å². The third kappa shape index (κ3) is 3.53. The summed E-state index contributed by atoms with van der Waals surface area (Å²) in [7, 11) is 0. The third-order valence-corrected chi connectivity index (χ3v) is 3.28. The Morgan fingerprint density at radius 2 is 1.84 bits per heavy atom. The highest BCUT2D eigenvalue weighted by Crippen LogP contribution is 2.20. The second kappa shape index (κ2) is 5.28. The van der Waals surface area contributed by atoms with Gasteiger partial charge in [-0.3, -0.25) is 9.69 Å². The van der Waals surface area contributed by atoms with Gasteiger partial charge in [0, 0.05) is 38.5 Å². The first-order chi connectivity index (χ1) is 8.86. The predicted octanol–water partition coefficient (Wildman–Crippen LogP) is 1.03. The maximum Gasteiger partial charge on any atom is 0.230 e. The first-order valence-corrected chi connectivity index (χ1v) is 6.67. The molecule has 0 bridgehead atoms. The molecule has 1 amide bonds. The molecule has 0 N–H and O–H groups in total. The summed E-state index contributed by atoms with van der Waals surface area (Å²) in [6.45, 7) is 11.7. The summed E-state index contributed by atoms with van der Waals surface area (Å²) < 4.78 is 5.68. The topological polar surface area (TPSA) is 62.5 Å². The van der Waals surface area contributed by atoms with Crippen LogP contribution in [0.5, 0.6) is 0 Å². The first-order valence-electron chi connectivity index (χ1n) is 6.67. The number of piperazine rings is 1. The molecule has 2 heterocycles. The van der Waals surface area contributed by atoms with Crippen molar-refractivity contribution < 1.29 is 9.21 Å². The smallest absolute Gasteiger partial charge is 0.230 e. The molecule has 0 aromatic carbocycles. The highest BCUT2D eigenvalue weighted by Gasteiger charge is 2.23. The van der Waals surface area contributed by atoms with E-state index in [0.29, 0.717) is 18.3 Å². The van der Waals surface area contributed by atoms with Gasteiger partial charge in [-0.1, -0.05) is 20.8 Å². The quantitative estimate of drug-likeness (QED) is 0.800. The van der Waals surface area contributed by atoms with Gasteiger partial charge >= 0.3 is 0 Å². The van der Waals surface area contributed by atoms with E-state index in [1.165, 1.54) is 0 Å². The van der Waals surface area contributed by atoms with Crippen molar-refractivity contribution in [3.63, 3.8) is 0 Å². The van der Waals surface area contributed by atoms with E-state index in [2.05, 4.69) is 35.9 Å². The summed E-state index contributed by atoms with van der Waals surface area (Å²) in [6, 6.07) is 0. The maximum atomic E-state index is 11.2. The molecule has 0 aliphatic carbocycles. The Kier molecular flexibility index (Phi) is 3.89. The predicted molar refractivity (Wildman–Crippen MR) is 70.5 cm³/mol. The number of nitrogens with zero attached hydrogens (tertiary/aromatic N) is 4. The first kappa shape index (κ1) is 14.0. The van der Waals surface area contributed by atoms with Crippen LogP contribution < -0.4 is 0 Å². The minimum Gasteiger partial charge on any atom is -0.423 e. The van der Waals surface area contributed by atoms with Gasteiger partial charge in [-0.05, 0) is 0 Å². The van der Waals surface area contributed by atoms with Crippen LogP contribution >= 0.6 is 0 Å². The van der Waals surface area contributed by atoms with E-state index < -0.39 is 0 Å². The van der Waals surface area contributed by atoms with Crippen LogP contribution in [0.1, 0.15) is 39.5 Å². The van der Waals surface area contributed by atoms with E-state index in [1.807, 2.05) is 4.90 Å². The molecule has 1 aliphatic rings. The molecule has 1 aliphatic heterocycles. The van der Waals surface area contributed by atoms with Crippen LogP contribution in [-0.2, 0) is 16.8 Å². The average molecular weight is 266 g/mol. The summed E-state index contributed by atoms with van der Waals surface area (Å²) in [5.74, 6) is 1.47. The van der Waals surface area contributed by atoms with Crippen LogP contribution in [0.15, 0.2) is 4.42 Å². The molecule has 1 fully saturated rings. The molecule has 0 radical (unpaired) electrons. The van der Waals surface area contributed by atoms with Crippen molar-refractivity contribution in [3.8, 4) is 0 Å². The normalized spacial score (nSPS) is 17.8. The Bertz CT molecular complexity index is 442. The lowest BCUT2D eigenvalue weighted by Crippen LogP contribution is -2.47. The van der Waals surface area contributed by atoms with Crippen molar-refractivity contribution in [1.82, 2.24) is 20.0 Å². The summed E-state index contributed by atoms with van der Waals surface area (Å²) in [6.07, 6.45) is 0. The highest BCUT2D eigenvalue weighted by atomic mass is 16.4. The van der Waals surface area contributed by atoms with E-state index in [4.69, 9.17) is 4.42 Å². The monoisotopic (exact) mass is 266 g/mol. The fourth-order valence-electron chi connectivity index (χ4n) is 2.03. The summed E-state index contributed by atoms with van der Waals surface area (Å²) in [5, 5.41) is 8.18. The maximum absolute atomic E-state index is 11.2. The lowest BCUT2D eigenvalue weighted by atomic mass is 9.97. The summed E-state index contributed by atoms with van der Waals surface area (Å²) in [5.41, 5.74) is -0.113. The molecule has 0 unspecified atom stereocenters. The van der Waals surface area contributed by atoms with Gasteiger partial charge in [-0.15, -0.1) is 10.2 Å². The number of aromatic nitrogens is 2. The number of rotatable bonds is 2. The van der Waals surface area contributed by atoms with Crippen molar-refractivity contribution in [2.75, 3.05) is 26.2 Å². The van der Waals surface area contributed by atoms with Gasteiger partial charge in [0.05, 0.1) is 6.54 Å². The van der Waals surface area contributed by atoms with Crippen molar-refractivity contribution in [2.24, 2.45) is 0 Å². The van der Waals surface area contributed by atoms with Crippen molar-refractivity contribution in [1.29, 1.82) is 0 Å². The van der Waals surface area contributed by atoms with Crippen LogP contribution in [0.4, 0.5) is 0 Å². The van der Waals surface area contributed by atoms with Crippen LogP contribution in [0, 0.1) is 0 Å². The fraction of sp³-hybridized carbons (Fsp3) is 0.769. The van der Waals surface area contributed by atoms with Crippen molar-refractivity contribution in [3.05, 3.63) is 11.8 Å². The van der Waals surface area contributed by atoms with Gasteiger partial charge in [-0.2, -0.15) is 0 Å². The number of carbonyl (C=O) groups excluding carboxylic acids is 1. The molecular formula is C13H22N4O2. The van der Waals surface area contributed by atoms with E-state index in [1.54, 1.807) is 6.92 Å². The average Bonchev–Trinajstić information content (AvgIpc) is 2.78. The number of hydrogen-bond acceptors (Lipinski definition) is 5. The van der Waals surface area contributed by atoms with Crippen LogP contribution in [0.2, 0.25) is 0 Å². The number of amides is 1. The summed E-state index contributed by atoms with van der Waals surface area (Å²) in [4.78, 5) is 15.3. The summed E-state index contributed by atoms with van der Waals surface area (Å²) >= 11 is 0. The number of carbonyl (C=O) groups is 1. The minimum atomic E-state index is -0.113. The van der Waals surface area contributed by atoms with Gasteiger partial charge in [0.2, 0.25) is 17.7 Å². The Hall–Kier alpha value is -1.43. The highest BCUT2D eigenvalue weighted by molar-refractivity contribution is 5.73. The second-order valence-electron chi connectivity index (χ2n) is 6.03. The molecule has 6 heteroatoms. The molecule has 1 aromatic heterocycles. The van der Waals surface area contributed by atoms with E-state index in [-0.39, 0.29) is 11.3 Å². The standard InChI is InChI=1S/C13H22N4O2/c1-10(18)17-7-5-16(6-8-17)9-11-14-15-12(19-11)13(2,3)4/h5-9H2,1-4H3. The van der Waals surface area contributed by atoms with Gasteiger partial charge in [-0.25, -0.2) is 0 Å². The SMILES string of the molecule is CC(=O)N1CCN(Cc2nnc(C(C)(C)C)o2)CC1. The molecule has 0 spiro atoms. The second-order valence-corrected chi connectivity index (χ2v) is 6.03. The molecule has 19 heavy (non-hydrogen) atoms. The lowest BCUT2D eigenvalue weighted by Gasteiger charge is -2.33. The van der Waals surface area contributed by atoms with Crippen LogP contribution in [0.3, 0.4) is 0 Å². The lowest BCUT2D eigenvalue weighted by molar-refractivity contribution is -0.130. The van der Waals surface area contributed by atoms with Crippen LogP contribution in [0.25, 0.3) is 0 Å². The molecule has 0 atom stereocenters. The zero-order chi connectivity index (χ0) is 14.0. The fourth-order valence-corrected chi connectivity index (χ4v) is 2.03. The largest absolute Gasteiger partial charge is 0.423 e. The van der Waals surface area contributed by atoms with Gasteiger partial charge in [0.25, 0.3) is 0 Å². The van der Waals surface area contributed by atoms with Gasteiger partial charge < -0.3 is 9.32 Å². The van der Waals surface area contributed by atoms with Gasteiger partial charge in [0.15, 0.2) is 0 Å². The Morgan fingerprint density at radius 3 is 2.32 bits per heavy atom. The van der Waals surface area contributed by atoms with Crippen molar-refractivity contribution >= 4 is 5.91 Å². The molecule has 0 saturated carbocycles. The zero-order valence-corrected chi connectivity index (χ0v) is 12.1. The Balaban J connectivity index is 1.89. The van der Waals surface area contributed by atoms with E-state index >= 15 is 0 Å². The van der Waals surface area contributed by atoms with Gasteiger partial charge in [0.1, 0.15) is 0 Å². The number of hydrogen-bond donors (Lipinski definition) is 0. The molecule has 1 saturated heterocycles. The zero-order valence-electron chi connectivity index (χ0n) is 12.1. The minimum absolute atomic E-state index is 0.113. The molecule has 6 nitrogen and oxygen atoms in total.